The molecule has 2 rings (SSSR count). The van der Waals surface area contributed by atoms with Crippen molar-refractivity contribution in [2.75, 3.05) is 12.4 Å². The third kappa shape index (κ3) is 4.01. The van der Waals surface area contributed by atoms with E-state index in [0.29, 0.717) is 11.5 Å². The summed E-state index contributed by atoms with van der Waals surface area (Å²) in [5.41, 5.74) is 3.00. The fourth-order valence-electron chi connectivity index (χ4n) is 2.12. The van der Waals surface area contributed by atoms with Crippen molar-refractivity contribution < 1.29 is 14.3 Å². The number of nitrogens with one attached hydrogen (secondary N) is 1. The Balaban J connectivity index is 2.02. The van der Waals surface area contributed by atoms with Crippen molar-refractivity contribution in [2.24, 2.45) is 0 Å². The van der Waals surface area contributed by atoms with E-state index >= 15 is 0 Å². The zero-order valence-electron chi connectivity index (χ0n) is 13.3. The molecule has 0 spiro atoms. The normalized spacial score (nSPS) is 11.6. The number of hydrogen-bond acceptors (Lipinski definition) is 3. The van der Waals surface area contributed by atoms with Crippen LogP contribution in [0.5, 0.6) is 11.5 Å². The van der Waals surface area contributed by atoms with E-state index in [0.717, 1.165) is 16.8 Å². The number of ether oxygens (including phenoxy) is 2. The van der Waals surface area contributed by atoms with E-state index in [1.54, 1.807) is 26.2 Å². The van der Waals surface area contributed by atoms with Gasteiger partial charge in [-0.1, -0.05) is 23.8 Å². The molecule has 0 aliphatic carbocycles. The molecule has 4 heteroatoms. The summed E-state index contributed by atoms with van der Waals surface area (Å²) < 4.78 is 10.8. The minimum atomic E-state index is -0.604. The van der Waals surface area contributed by atoms with Crippen LogP contribution in [-0.4, -0.2) is 19.1 Å². The van der Waals surface area contributed by atoms with E-state index in [9.17, 15) is 4.79 Å². The number of benzene rings is 2. The van der Waals surface area contributed by atoms with Gasteiger partial charge in [-0.05, 0) is 44.5 Å². The maximum absolute atomic E-state index is 12.2. The summed E-state index contributed by atoms with van der Waals surface area (Å²) >= 11 is 0. The van der Waals surface area contributed by atoms with Gasteiger partial charge in [0.15, 0.2) is 6.10 Å². The Morgan fingerprint density at radius 1 is 1.09 bits per heavy atom. The van der Waals surface area contributed by atoms with Crippen molar-refractivity contribution in [3.63, 3.8) is 0 Å². The molecule has 0 aliphatic heterocycles. The molecule has 2 aromatic rings. The minimum Gasteiger partial charge on any atom is -0.497 e. The van der Waals surface area contributed by atoms with Gasteiger partial charge in [0.2, 0.25) is 0 Å². The predicted octanol–water partition coefficient (Wildman–Crippen LogP) is 3.72. The molecule has 1 atom stereocenters. The molecule has 1 N–H and O–H groups in total. The Labute approximate surface area is 131 Å². The van der Waals surface area contributed by atoms with Gasteiger partial charge in [-0.25, -0.2) is 0 Å². The zero-order chi connectivity index (χ0) is 16.1. The largest absolute Gasteiger partial charge is 0.497 e. The van der Waals surface area contributed by atoms with Gasteiger partial charge in [0.1, 0.15) is 11.5 Å². The van der Waals surface area contributed by atoms with Crippen molar-refractivity contribution in [3.05, 3.63) is 53.6 Å². The van der Waals surface area contributed by atoms with E-state index in [1.807, 2.05) is 44.2 Å². The Kier molecular flexibility index (Phi) is 5.04. The first-order valence-corrected chi connectivity index (χ1v) is 7.18. The third-order valence-electron chi connectivity index (χ3n) is 3.36. The summed E-state index contributed by atoms with van der Waals surface area (Å²) in [5.74, 6) is 1.11. The number of carbonyl (C=O) groups excluding carboxylic acids is 1. The lowest BCUT2D eigenvalue weighted by Gasteiger charge is -2.16. The average Bonchev–Trinajstić information content (AvgIpc) is 2.50. The first-order valence-electron chi connectivity index (χ1n) is 7.18. The summed E-state index contributed by atoms with van der Waals surface area (Å²) in [6.07, 6.45) is -0.604. The molecule has 1 amide bonds. The summed E-state index contributed by atoms with van der Waals surface area (Å²) in [6, 6.07) is 13.1. The highest BCUT2D eigenvalue weighted by Gasteiger charge is 2.16. The first-order chi connectivity index (χ1) is 10.5. The zero-order valence-corrected chi connectivity index (χ0v) is 13.3. The average molecular weight is 299 g/mol. The van der Waals surface area contributed by atoms with Crippen LogP contribution in [-0.2, 0) is 4.79 Å². The quantitative estimate of drug-likeness (QED) is 0.915. The highest BCUT2D eigenvalue weighted by Crippen LogP contribution is 2.21. The number of aryl methyl sites for hydroxylation is 2. The number of carbonyl (C=O) groups is 1. The van der Waals surface area contributed by atoms with E-state index in [2.05, 4.69) is 5.32 Å². The van der Waals surface area contributed by atoms with E-state index in [-0.39, 0.29) is 5.91 Å². The monoisotopic (exact) mass is 299 g/mol. The molecule has 116 valence electrons. The lowest BCUT2D eigenvalue weighted by atomic mass is 10.1. The maximum atomic E-state index is 12.2. The van der Waals surface area contributed by atoms with Crippen LogP contribution in [0.15, 0.2) is 42.5 Å². The van der Waals surface area contributed by atoms with Gasteiger partial charge in [-0.15, -0.1) is 0 Å². The molecule has 4 nitrogen and oxygen atoms in total. The highest BCUT2D eigenvalue weighted by atomic mass is 16.5. The summed E-state index contributed by atoms with van der Waals surface area (Å²) in [5, 5.41) is 2.89. The molecule has 0 aliphatic rings. The molecular formula is C18H21NO3. The fourth-order valence-corrected chi connectivity index (χ4v) is 2.12. The van der Waals surface area contributed by atoms with Crippen LogP contribution in [0.4, 0.5) is 5.69 Å². The number of methoxy groups -OCH3 is 1. The molecule has 0 heterocycles. The summed E-state index contributed by atoms with van der Waals surface area (Å²) in [4.78, 5) is 12.2. The Morgan fingerprint density at radius 2 is 1.82 bits per heavy atom. The van der Waals surface area contributed by atoms with Gasteiger partial charge in [0, 0.05) is 11.8 Å². The van der Waals surface area contributed by atoms with Crippen molar-refractivity contribution in [1.82, 2.24) is 0 Å². The van der Waals surface area contributed by atoms with Crippen LogP contribution >= 0.6 is 0 Å². The molecule has 1 unspecified atom stereocenters. The topological polar surface area (TPSA) is 47.6 Å². The van der Waals surface area contributed by atoms with Crippen LogP contribution in [0.2, 0.25) is 0 Å². The van der Waals surface area contributed by atoms with E-state index in [1.165, 1.54) is 0 Å². The van der Waals surface area contributed by atoms with Gasteiger partial charge >= 0.3 is 0 Å². The molecular weight excluding hydrogens is 278 g/mol. The first kappa shape index (κ1) is 15.9. The standard InChI is InChI=1S/C18H21NO3/c1-12-8-9-17(13(2)10-12)19-18(20)14(3)22-16-7-5-6-15(11-16)21-4/h5-11,14H,1-4H3,(H,19,20). The van der Waals surface area contributed by atoms with Gasteiger partial charge in [0.25, 0.3) is 5.91 Å². The SMILES string of the molecule is COc1cccc(OC(C)C(=O)Nc2ccc(C)cc2C)c1. The van der Waals surface area contributed by atoms with Gasteiger partial charge in [-0.3, -0.25) is 4.79 Å². The molecule has 22 heavy (non-hydrogen) atoms. The van der Waals surface area contributed by atoms with Crippen LogP contribution in [0.25, 0.3) is 0 Å². The summed E-state index contributed by atoms with van der Waals surface area (Å²) in [7, 11) is 1.59. The molecule has 0 fully saturated rings. The van der Waals surface area contributed by atoms with Crippen LogP contribution in [0.3, 0.4) is 0 Å². The molecule has 2 aromatic carbocycles. The predicted molar refractivity (Wildman–Crippen MR) is 87.6 cm³/mol. The Bertz CT molecular complexity index is 667. The number of rotatable bonds is 5. The van der Waals surface area contributed by atoms with Crippen molar-refractivity contribution in [3.8, 4) is 11.5 Å². The second kappa shape index (κ2) is 6.98. The molecule has 0 saturated carbocycles. The molecule has 0 radical (unpaired) electrons. The maximum Gasteiger partial charge on any atom is 0.265 e. The van der Waals surface area contributed by atoms with Crippen molar-refractivity contribution in [1.29, 1.82) is 0 Å². The van der Waals surface area contributed by atoms with E-state index in [4.69, 9.17) is 9.47 Å². The fraction of sp³-hybridized carbons (Fsp3) is 0.278. The van der Waals surface area contributed by atoms with Gasteiger partial charge in [0.05, 0.1) is 7.11 Å². The third-order valence-corrected chi connectivity index (χ3v) is 3.36. The van der Waals surface area contributed by atoms with Crippen LogP contribution in [0, 0.1) is 13.8 Å². The van der Waals surface area contributed by atoms with E-state index < -0.39 is 6.10 Å². The van der Waals surface area contributed by atoms with Crippen LogP contribution in [0.1, 0.15) is 18.1 Å². The van der Waals surface area contributed by atoms with Crippen molar-refractivity contribution >= 4 is 11.6 Å². The number of anilines is 1. The molecule has 0 saturated heterocycles. The number of hydrogen-bond donors (Lipinski definition) is 1. The smallest absolute Gasteiger partial charge is 0.265 e. The second-order valence-electron chi connectivity index (χ2n) is 5.25. The summed E-state index contributed by atoms with van der Waals surface area (Å²) in [6.45, 7) is 5.71. The number of amides is 1. The molecule has 0 bridgehead atoms. The Morgan fingerprint density at radius 3 is 2.50 bits per heavy atom. The van der Waals surface area contributed by atoms with Crippen molar-refractivity contribution in [2.45, 2.75) is 26.9 Å². The second-order valence-corrected chi connectivity index (χ2v) is 5.25. The molecule has 0 aromatic heterocycles. The Hall–Kier alpha value is -2.49. The van der Waals surface area contributed by atoms with Crippen LogP contribution < -0.4 is 14.8 Å². The lowest BCUT2D eigenvalue weighted by Crippen LogP contribution is -2.30. The van der Waals surface area contributed by atoms with Gasteiger partial charge in [-0.2, -0.15) is 0 Å². The lowest BCUT2D eigenvalue weighted by molar-refractivity contribution is -0.122. The highest BCUT2D eigenvalue weighted by molar-refractivity contribution is 5.94. The van der Waals surface area contributed by atoms with Gasteiger partial charge < -0.3 is 14.8 Å². The minimum absolute atomic E-state index is 0.185.